The Hall–Kier alpha value is -2.51. The second-order valence-electron chi connectivity index (χ2n) is 4.91. The van der Waals surface area contributed by atoms with Gasteiger partial charge < -0.3 is 4.57 Å². The standard InChI is InChI=1S/C17H11BrN2O3S/c18-12-9-17(24-11-12)16(21)7-6-13-5-2-8-19(13)14-3-1-4-15(10-14)20(22)23/h1-11H/b7-6+. The Morgan fingerprint density at radius 3 is 2.79 bits per heavy atom. The van der Waals surface area contributed by atoms with Crippen molar-refractivity contribution in [1.29, 1.82) is 0 Å². The Morgan fingerprint density at radius 2 is 2.08 bits per heavy atom. The summed E-state index contributed by atoms with van der Waals surface area (Å²) in [5.41, 5.74) is 1.45. The molecule has 3 rings (SSSR count). The van der Waals surface area contributed by atoms with E-state index in [4.69, 9.17) is 0 Å². The molecule has 0 spiro atoms. The van der Waals surface area contributed by atoms with Crippen molar-refractivity contribution in [2.75, 3.05) is 0 Å². The van der Waals surface area contributed by atoms with Crippen LogP contribution in [0.5, 0.6) is 0 Å². The fraction of sp³-hybridized carbons (Fsp3) is 0. The van der Waals surface area contributed by atoms with E-state index in [2.05, 4.69) is 15.9 Å². The molecule has 0 aliphatic heterocycles. The molecule has 0 aliphatic rings. The van der Waals surface area contributed by atoms with E-state index >= 15 is 0 Å². The number of non-ortho nitro benzene ring substituents is 1. The van der Waals surface area contributed by atoms with Crippen molar-refractivity contribution >= 4 is 44.8 Å². The highest BCUT2D eigenvalue weighted by Gasteiger charge is 2.09. The number of aromatic nitrogens is 1. The first-order chi connectivity index (χ1) is 11.5. The zero-order valence-corrected chi connectivity index (χ0v) is 14.7. The third-order valence-electron chi connectivity index (χ3n) is 3.31. The molecule has 0 radical (unpaired) electrons. The molecule has 0 atom stereocenters. The van der Waals surface area contributed by atoms with Crippen LogP contribution in [0.25, 0.3) is 11.8 Å². The van der Waals surface area contributed by atoms with Gasteiger partial charge in [0.05, 0.1) is 15.5 Å². The van der Waals surface area contributed by atoms with Crippen molar-refractivity contribution in [1.82, 2.24) is 4.57 Å². The molecule has 0 aliphatic carbocycles. The van der Waals surface area contributed by atoms with Gasteiger partial charge in [-0.25, -0.2) is 0 Å². The number of nitro groups is 1. The van der Waals surface area contributed by atoms with Gasteiger partial charge in [-0.1, -0.05) is 6.07 Å². The van der Waals surface area contributed by atoms with E-state index in [-0.39, 0.29) is 11.5 Å². The highest BCUT2D eigenvalue weighted by atomic mass is 79.9. The van der Waals surface area contributed by atoms with Crippen molar-refractivity contribution in [3.63, 3.8) is 0 Å². The number of hydrogen-bond donors (Lipinski definition) is 0. The maximum Gasteiger partial charge on any atom is 0.271 e. The van der Waals surface area contributed by atoms with Gasteiger partial charge in [-0.05, 0) is 52.3 Å². The molecular formula is C17H11BrN2O3S. The molecule has 0 fully saturated rings. The van der Waals surface area contributed by atoms with E-state index in [0.29, 0.717) is 10.6 Å². The third kappa shape index (κ3) is 3.52. The molecule has 0 unspecified atom stereocenters. The average Bonchev–Trinajstić information content (AvgIpc) is 3.21. The summed E-state index contributed by atoms with van der Waals surface area (Å²) in [6.45, 7) is 0. The topological polar surface area (TPSA) is 65.1 Å². The van der Waals surface area contributed by atoms with Crippen molar-refractivity contribution in [3.05, 3.63) is 85.3 Å². The van der Waals surface area contributed by atoms with Gasteiger partial charge in [0.25, 0.3) is 5.69 Å². The molecule has 2 heterocycles. The molecule has 0 bridgehead atoms. The first kappa shape index (κ1) is 16.4. The molecule has 3 aromatic rings. The number of ketones is 1. The molecule has 5 nitrogen and oxygen atoms in total. The van der Waals surface area contributed by atoms with E-state index < -0.39 is 4.92 Å². The molecule has 7 heteroatoms. The molecule has 2 aromatic heterocycles. The first-order valence-electron chi connectivity index (χ1n) is 6.93. The zero-order valence-electron chi connectivity index (χ0n) is 12.3. The highest BCUT2D eigenvalue weighted by molar-refractivity contribution is 9.10. The van der Waals surface area contributed by atoms with Gasteiger partial charge in [-0.3, -0.25) is 14.9 Å². The Bertz CT molecular complexity index is 943. The van der Waals surface area contributed by atoms with Gasteiger partial charge in [-0.2, -0.15) is 0 Å². The summed E-state index contributed by atoms with van der Waals surface area (Å²) in [4.78, 5) is 23.3. The summed E-state index contributed by atoms with van der Waals surface area (Å²) >= 11 is 4.70. The fourth-order valence-corrected chi connectivity index (χ4v) is 3.55. The molecule has 0 N–H and O–H groups in total. The Labute approximate surface area is 150 Å². The van der Waals surface area contributed by atoms with Crippen molar-refractivity contribution in [3.8, 4) is 5.69 Å². The molecule has 0 saturated carbocycles. The summed E-state index contributed by atoms with van der Waals surface area (Å²) in [6.07, 6.45) is 5.00. The predicted molar refractivity (Wildman–Crippen MR) is 97.8 cm³/mol. The number of thiophene rings is 1. The number of rotatable bonds is 5. The molecule has 0 amide bonds. The number of carbonyl (C=O) groups excluding carboxylic acids is 1. The van der Waals surface area contributed by atoms with E-state index in [1.165, 1.54) is 29.5 Å². The fourth-order valence-electron chi connectivity index (χ4n) is 2.21. The van der Waals surface area contributed by atoms with Crippen molar-refractivity contribution < 1.29 is 9.72 Å². The van der Waals surface area contributed by atoms with Crippen LogP contribution in [0, 0.1) is 10.1 Å². The predicted octanol–water partition coefficient (Wildman–Crippen LogP) is 5.11. The lowest BCUT2D eigenvalue weighted by Crippen LogP contribution is -1.97. The van der Waals surface area contributed by atoms with E-state index in [1.807, 2.05) is 17.5 Å². The van der Waals surface area contributed by atoms with Gasteiger partial charge in [-0.15, -0.1) is 11.3 Å². The van der Waals surface area contributed by atoms with Crippen molar-refractivity contribution in [2.24, 2.45) is 0 Å². The first-order valence-corrected chi connectivity index (χ1v) is 8.60. The summed E-state index contributed by atoms with van der Waals surface area (Å²) in [6, 6.07) is 11.8. The number of benzene rings is 1. The number of carbonyl (C=O) groups is 1. The number of nitro benzene ring substituents is 1. The average molecular weight is 403 g/mol. The second kappa shape index (κ2) is 6.94. The number of allylic oxidation sites excluding steroid dienone is 1. The monoisotopic (exact) mass is 402 g/mol. The number of halogens is 1. The summed E-state index contributed by atoms with van der Waals surface area (Å²) in [5.74, 6) is -0.0857. The normalized spacial score (nSPS) is 11.0. The minimum absolute atomic E-state index is 0.0237. The molecule has 0 saturated heterocycles. The highest BCUT2D eigenvalue weighted by Crippen LogP contribution is 2.22. The Balaban J connectivity index is 1.88. The quantitative estimate of drug-likeness (QED) is 0.258. The molecule has 120 valence electrons. The van der Waals surface area contributed by atoms with Gasteiger partial charge in [0.1, 0.15) is 0 Å². The van der Waals surface area contributed by atoms with Crippen molar-refractivity contribution in [2.45, 2.75) is 0 Å². The summed E-state index contributed by atoms with van der Waals surface area (Å²) < 4.78 is 2.67. The summed E-state index contributed by atoms with van der Waals surface area (Å²) in [5, 5.41) is 12.8. The van der Waals surface area contributed by atoms with Gasteiger partial charge >= 0.3 is 0 Å². The lowest BCUT2D eigenvalue weighted by Gasteiger charge is -2.06. The Morgan fingerprint density at radius 1 is 1.25 bits per heavy atom. The van der Waals surface area contributed by atoms with Crippen LogP contribution in [0.15, 0.2) is 64.6 Å². The van der Waals surface area contributed by atoms with Crippen LogP contribution in [-0.2, 0) is 0 Å². The Kier molecular flexibility index (Phi) is 4.73. The maximum absolute atomic E-state index is 12.1. The van der Waals surface area contributed by atoms with Crippen LogP contribution < -0.4 is 0 Å². The van der Waals surface area contributed by atoms with Crippen LogP contribution in [0.4, 0.5) is 5.69 Å². The molecule has 24 heavy (non-hydrogen) atoms. The second-order valence-corrected chi connectivity index (χ2v) is 6.73. The largest absolute Gasteiger partial charge is 0.317 e. The minimum atomic E-state index is -0.430. The van der Waals surface area contributed by atoms with E-state index in [0.717, 1.165) is 10.2 Å². The van der Waals surface area contributed by atoms with Crippen LogP contribution in [-0.4, -0.2) is 15.3 Å². The van der Waals surface area contributed by atoms with Crippen LogP contribution in [0.2, 0.25) is 0 Å². The van der Waals surface area contributed by atoms with Gasteiger partial charge in [0, 0.05) is 33.9 Å². The summed E-state index contributed by atoms with van der Waals surface area (Å²) in [7, 11) is 0. The lowest BCUT2D eigenvalue weighted by atomic mass is 10.2. The number of nitrogens with zero attached hydrogens (tertiary/aromatic N) is 2. The number of hydrogen-bond acceptors (Lipinski definition) is 4. The SMILES string of the molecule is O=C(/C=C/c1cccn1-c1cccc([N+](=O)[O-])c1)c1cc(Br)cs1. The zero-order chi connectivity index (χ0) is 17.1. The minimum Gasteiger partial charge on any atom is -0.317 e. The van der Waals surface area contributed by atoms with Gasteiger partial charge in [0.15, 0.2) is 5.78 Å². The van der Waals surface area contributed by atoms with Crippen LogP contribution in [0.3, 0.4) is 0 Å². The van der Waals surface area contributed by atoms with E-state index in [1.54, 1.807) is 35.0 Å². The third-order valence-corrected chi connectivity index (χ3v) is 5.02. The molecular weight excluding hydrogens is 392 g/mol. The molecule has 1 aromatic carbocycles. The smallest absolute Gasteiger partial charge is 0.271 e. The van der Waals surface area contributed by atoms with Gasteiger partial charge in [0.2, 0.25) is 0 Å². The maximum atomic E-state index is 12.1. The van der Waals surface area contributed by atoms with Crippen LogP contribution >= 0.6 is 27.3 Å². The van der Waals surface area contributed by atoms with E-state index in [9.17, 15) is 14.9 Å². The van der Waals surface area contributed by atoms with Crippen LogP contribution in [0.1, 0.15) is 15.4 Å². The lowest BCUT2D eigenvalue weighted by molar-refractivity contribution is -0.384.